The molecule has 102 valence electrons. The molecule has 0 radical (unpaired) electrons. The molecule has 3 heterocycles. The van der Waals surface area contributed by atoms with Gasteiger partial charge in [-0.25, -0.2) is 4.98 Å². The lowest BCUT2D eigenvalue weighted by atomic mass is 10.1. The fraction of sp³-hybridized carbons (Fsp3) is 0.538. The van der Waals surface area contributed by atoms with E-state index in [2.05, 4.69) is 16.9 Å². The van der Waals surface area contributed by atoms with Crippen molar-refractivity contribution in [2.75, 3.05) is 18.6 Å². The van der Waals surface area contributed by atoms with E-state index in [0.717, 1.165) is 17.2 Å². The molecule has 0 N–H and O–H groups in total. The number of thiazole rings is 1. The first-order chi connectivity index (χ1) is 9.24. The van der Waals surface area contributed by atoms with Crippen molar-refractivity contribution in [2.24, 2.45) is 0 Å². The average molecular weight is 295 g/mol. The van der Waals surface area contributed by atoms with Crippen molar-refractivity contribution in [3.8, 4) is 0 Å². The first-order valence-corrected chi connectivity index (χ1v) is 8.51. The zero-order chi connectivity index (χ0) is 13.2. The second-order valence-corrected chi connectivity index (χ2v) is 7.00. The maximum absolute atomic E-state index is 11.9. The number of hydrogen-bond donors (Lipinski definition) is 0. The molecule has 0 atom stereocenters. The maximum atomic E-state index is 11.9. The van der Waals surface area contributed by atoms with E-state index in [1.807, 2.05) is 17.1 Å². The third kappa shape index (κ3) is 2.85. The monoisotopic (exact) mass is 295 g/mol. The molecule has 2 aromatic rings. The number of thioether (sulfide) groups is 1. The van der Waals surface area contributed by atoms with E-state index in [4.69, 9.17) is 0 Å². The summed E-state index contributed by atoms with van der Waals surface area (Å²) in [5, 5.41) is 1.90. The number of aromatic nitrogens is 2. The quantitative estimate of drug-likeness (QED) is 0.869. The Morgan fingerprint density at radius 1 is 1.47 bits per heavy atom. The normalized spacial score (nSPS) is 17.4. The summed E-state index contributed by atoms with van der Waals surface area (Å²) in [5.74, 6) is 2.49. The van der Waals surface area contributed by atoms with E-state index < -0.39 is 0 Å². The Balaban J connectivity index is 1.78. The van der Waals surface area contributed by atoms with Gasteiger partial charge >= 0.3 is 0 Å². The molecule has 6 heteroatoms. The van der Waals surface area contributed by atoms with Crippen LogP contribution in [0.3, 0.4) is 0 Å². The van der Waals surface area contributed by atoms with Crippen molar-refractivity contribution in [1.29, 1.82) is 0 Å². The van der Waals surface area contributed by atoms with Crippen LogP contribution in [0.15, 0.2) is 22.4 Å². The molecule has 1 saturated heterocycles. The van der Waals surface area contributed by atoms with E-state index >= 15 is 0 Å². The number of fused-ring (bicyclic) bond motifs is 1. The number of rotatable bonds is 3. The standard InChI is InChI=1S/C13H17N3OS2/c1-15(11-2-5-18-6-3-11)9-10-8-12(17)16-4-7-19-13(16)14-10/h4,7-8,11H,2-3,5-6,9H2,1H3. The van der Waals surface area contributed by atoms with E-state index in [-0.39, 0.29) is 5.56 Å². The van der Waals surface area contributed by atoms with Gasteiger partial charge in [-0.1, -0.05) is 0 Å². The smallest absolute Gasteiger partial charge is 0.258 e. The molecule has 0 unspecified atom stereocenters. The van der Waals surface area contributed by atoms with Crippen molar-refractivity contribution < 1.29 is 0 Å². The van der Waals surface area contributed by atoms with Gasteiger partial charge in [0.2, 0.25) is 0 Å². The van der Waals surface area contributed by atoms with Crippen molar-refractivity contribution in [3.63, 3.8) is 0 Å². The average Bonchev–Trinajstić information content (AvgIpc) is 2.88. The van der Waals surface area contributed by atoms with Crippen LogP contribution in [-0.4, -0.2) is 38.9 Å². The number of nitrogens with zero attached hydrogens (tertiary/aromatic N) is 3. The zero-order valence-electron chi connectivity index (χ0n) is 10.9. The lowest BCUT2D eigenvalue weighted by molar-refractivity contribution is 0.219. The molecule has 0 aliphatic carbocycles. The fourth-order valence-electron chi connectivity index (χ4n) is 2.48. The highest BCUT2D eigenvalue weighted by Gasteiger charge is 2.19. The fourth-order valence-corrected chi connectivity index (χ4v) is 4.30. The largest absolute Gasteiger partial charge is 0.298 e. The third-order valence-electron chi connectivity index (χ3n) is 3.58. The SMILES string of the molecule is CN(Cc1cc(=O)n2ccsc2n1)C1CCSCC1. The predicted octanol–water partition coefficient (Wildman–Crippen LogP) is 2.08. The van der Waals surface area contributed by atoms with Crippen molar-refractivity contribution in [3.05, 3.63) is 33.7 Å². The molecule has 0 saturated carbocycles. The topological polar surface area (TPSA) is 37.6 Å². The lowest BCUT2D eigenvalue weighted by Crippen LogP contribution is -2.34. The first-order valence-electron chi connectivity index (χ1n) is 6.48. The van der Waals surface area contributed by atoms with Crippen LogP contribution in [0, 0.1) is 0 Å². The Labute approximate surface area is 120 Å². The molecule has 1 aliphatic rings. The van der Waals surface area contributed by atoms with Gasteiger partial charge in [0.15, 0.2) is 4.96 Å². The highest BCUT2D eigenvalue weighted by Crippen LogP contribution is 2.21. The molecule has 2 aromatic heterocycles. The van der Waals surface area contributed by atoms with Crippen molar-refractivity contribution >= 4 is 28.1 Å². The van der Waals surface area contributed by atoms with Gasteiger partial charge in [0.1, 0.15) is 0 Å². The van der Waals surface area contributed by atoms with Crippen LogP contribution >= 0.6 is 23.1 Å². The zero-order valence-corrected chi connectivity index (χ0v) is 12.5. The van der Waals surface area contributed by atoms with E-state index in [1.165, 1.54) is 35.7 Å². The summed E-state index contributed by atoms with van der Waals surface area (Å²) < 4.78 is 1.60. The van der Waals surface area contributed by atoms with Crippen molar-refractivity contribution in [2.45, 2.75) is 25.4 Å². The Morgan fingerprint density at radius 2 is 2.26 bits per heavy atom. The summed E-state index contributed by atoms with van der Waals surface area (Å²) in [6, 6.07) is 2.29. The molecule has 1 aliphatic heterocycles. The van der Waals surface area contributed by atoms with Crippen LogP contribution in [0.4, 0.5) is 0 Å². The maximum Gasteiger partial charge on any atom is 0.258 e. The van der Waals surface area contributed by atoms with Gasteiger partial charge in [0.05, 0.1) is 5.69 Å². The van der Waals surface area contributed by atoms with Gasteiger partial charge in [0.25, 0.3) is 5.56 Å². The lowest BCUT2D eigenvalue weighted by Gasteiger charge is -2.30. The Morgan fingerprint density at radius 3 is 3.05 bits per heavy atom. The van der Waals surface area contributed by atoms with Gasteiger partial charge < -0.3 is 0 Å². The minimum atomic E-state index is 0.0221. The van der Waals surface area contributed by atoms with Crippen LogP contribution in [-0.2, 0) is 6.54 Å². The molecule has 19 heavy (non-hydrogen) atoms. The summed E-state index contributed by atoms with van der Waals surface area (Å²) in [6.07, 6.45) is 4.25. The Hall–Kier alpha value is -0.850. The summed E-state index contributed by atoms with van der Waals surface area (Å²) in [4.78, 5) is 19.6. The molecular formula is C13H17N3OS2. The van der Waals surface area contributed by atoms with Gasteiger partial charge in [-0.15, -0.1) is 11.3 Å². The summed E-state index contributed by atoms with van der Waals surface area (Å²) in [7, 11) is 2.14. The van der Waals surface area contributed by atoms with E-state index in [0.29, 0.717) is 6.04 Å². The number of hydrogen-bond acceptors (Lipinski definition) is 5. The Kier molecular flexibility index (Phi) is 3.91. The third-order valence-corrected chi connectivity index (χ3v) is 5.39. The van der Waals surface area contributed by atoms with Gasteiger partial charge in [0, 0.05) is 30.2 Å². The molecule has 0 amide bonds. The molecule has 0 bridgehead atoms. The van der Waals surface area contributed by atoms with Gasteiger partial charge in [-0.2, -0.15) is 11.8 Å². The minimum Gasteiger partial charge on any atom is -0.298 e. The van der Waals surface area contributed by atoms with E-state index in [9.17, 15) is 4.79 Å². The molecule has 0 aromatic carbocycles. The van der Waals surface area contributed by atoms with Crippen molar-refractivity contribution in [1.82, 2.24) is 14.3 Å². The van der Waals surface area contributed by atoms with E-state index in [1.54, 1.807) is 16.7 Å². The highest BCUT2D eigenvalue weighted by atomic mass is 32.2. The summed E-state index contributed by atoms with van der Waals surface area (Å²) in [6.45, 7) is 0.763. The minimum absolute atomic E-state index is 0.0221. The second kappa shape index (κ2) is 5.64. The predicted molar refractivity (Wildman–Crippen MR) is 81.2 cm³/mol. The molecule has 4 nitrogen and oxygen atoms in total. The highest BCUT2D eigenvalue weighted by molar-refractivity contribution is 7.99. The van der Waals surface area contributed by atoms with Gasteiger partial charge in [-0.05, 0) is 31.4 Å². The van der Waals surface area contributed by atoms with Crippen LogP contribution < -0.4 is 5.56 Å². The molecule has 3 rings (SSSR count). The first kappa shape index (κ1) is 13.1. The van der Waals surface area contributed by atoms with Crippen LogP contribution in [0.1, 0.15) is 18.5 Å². The summed E-state index contributed by atoms with van der Waals surface area (Å²) >= 11 is 3.54. The van der Waals surface area contributed by atoms with Crippen LogP contribution in [0.25, 0.3) is 4.96 Å². The van der Waals surface area contributed by atoms with Crippen LogP contribution in [0.5, 0.6) is 0 Å². The molecular weight excluding hydrogens is 278 g/mol. The molecule has 1 fully saturated rings. The summed E-state index contributed by atoms with van der Waals surface area (Å²) in [5.41, 5.74) is 0.905. The Bertz CT molecular complexity index is 616. The van der Waals surface area contributed by atoms with Crippen LogP contribution in [0.2, 0.25) is 0 Å². The van der Waals surface area contributed by atoms with Gasteiger partial charge in [-0.3, -0.25) is 14.1 Å². The second-order valence-electron chi connectivity index (χ2n) is 4.90. The molecule has 0 spiro atoms.